The Labute approximate surface area is 164 Å². The molecule has 8 heteroatoms. The molecule has 2 fully saturated rings. The number of carbonyl (C=O) groups excluding carboxylic acids is 2. The van der Waals surface area contributed by atoms with Gasteiger partial charge in [-0.1, -0.05) is 6.42 Å². The number of carbonyl (C=O) groups is 2. The van der Waals surface area contributed by atoms with Crippen molar-refractivity contribution < 1.29 is 14.3 Å². The van der Waals surface area contributed by atoms with Gasteiger partial charge in [0.1, 0.15) is 0 Å². The minimum atomic E-state index is 0.0917. The Hall–Kier alpha value is -1.51. The Morgan fingerprint density at radius 3 is 2.67 bits per heavy atom. The second kappa shape index (κ2) is 7.85. The molecule has 1 aliphatic carbocycles. The Balaban J connectivity index is 1.32. The number of hydrogen-bond donors (Lipinski definition) is 1. The highest BCUT2D eigenvalue weighted by Gasteiger charge is 2.30. The van der Waals surface area contributed by atoms with Crippen molar-refractivity contribution in [2.75, 3.05) is 31.5 Å². The lowest BCUT2D eigenvalue weighted by atomic mass is 9.85. The molecule has 148 valence electrons. The monoisotopic (exact) mass is 392 g/mol. The maximum Gasteiger partial charge on any atom is 0.236 e. The Morgan fingerprint density at radius 2 is 2.00 bits per heavy atom. The van der Waals surface area contributed by atoms with Crippen LogP contribution >= 0.6 is 11.3 Å². The first-order valence-electron chi connectivity index (χ1n) is 9.93. The van der Waals surface area contributed by atoms with Gasteiger partial charge in [0.05, 0.1) is 24.4 Å². The molecule has 2 aliphatic heterocycles. The van der Waals surface area contributed by atoms with Gasteiger partial charge in [-0.15, -0.1) is 11.3 Å². The van der Waals surface area contributed by atoms with E-state index in [2.05, 4.69) is 15.2 Å². The number of ether oxygens (including phenoxy) is 1. The van der Waals surface area contributed by atoms with E-state index in [4.69, 9.17) is 4.74 Å². The van der Waals surface area contributed by atoms with Crippen LogP contribution in [0.25, 0.3) is 0 Å². The van der Waals surface area contributed by atoms with E-state index in [1.54, 1.807) is 11.3 Å². The molecule has 0 radical (unpaired) electrons. The first kappa shape index (κ1) is 18.8. The van der Waals surface area contributed by atoms with E-state index >= 15 is 0 Å². The summed E-state index contributed by atoms with van der Waals surface area (Å²) in [6.07, 6.45) is 4.14. The number of aromatic nitrogens is 1. The van der Waals surface area contributed by atoms with E-state index in [0.717, 1.165) is 44.5 Å². The normalized spacial score (nSPS) is 26.4. The molecule has 3 heterocycles. The largest absolute Gasteiger partial charge is 0.372 e. The molecule has 0 bridgehead atoms. The lowest BCUT2D eigenvalue weighted by Crippen LogP contribution is -2.51. The molecule has 2 unspecified atom stereocenters. The first-order valence-corrected chi connectivity index (χ1v) is 10.7. The highest BCUT2D eigenvalue weighted by molar-refractivity contribution is 7.15. The summed E-state index contributed by atoms with van der Waals surface area (Å²) in [4.78, 5) is 34.7. The Morgan fingerprint density at radius 1 is 1.26 bits per heavy atom. The van der Waals surface area contributed by atoms with Crippen molar-refractivity contribution in [3.05, 3.63) is 10.6 Å². The maximum atomic E-state index is 12.7. The number of hydrogen-bond acceptors (Lipinski definition) is 6. The zero-order valence-corrected chi connectivity index (χ0v) is 16.9. The minimum absolute atomic E-state index is 0.0917. The molecule has 1 saturated heterocycles. The lowest BCUT2D eigenvalue weighted by molar-refractivity contribution is -0.144. The van der Waals surface area contributed by atoms with E-state index < -0.39 is 0 Å². The third kappa shape index (κ3) is 4.33. The SMILES string of the molecule is CC1CN(C(=O)CN2CCc3nc(NC(=O)C4CCC4)sc3C2)CC(C)O1. The number of nitrogens with one attached hydrogen (secondary N) is 1. The summed E-state index contributed by atoms with van der Waals surface area (Å²) in [5, 5.41) is 3.69. The smallest absolute Gasteiger partial charge is 0.236 e. The van der Waals surface area contributed by atoms with Crippen molar-refractivity contribution in [3.63, 3.8) is 0 Å². The number of morpholine rings is 1. The van der Waals surface area contributed by atoms with Gasteiger partial charge in [-0.25, -0.2) is 4.98 Å². The number of nitrogens with zero attached hydrogens (tertiary/aromatic N) is 3. The van der Waals surface area contributed by atoms with Crippen LogP contribution in [0.1, 0.15) is 43.7 Å². The van der Waals surface area contributed by atoms with Gasteiger partial charge in [0.25, 0.3) is 0 Å². The number of anilines is 1. The highest BCUT2D eigenvalue weighted by Crippen LogP contribution is 2.31. The second-order valence-electron chi connectivity index (χ2n) is 8.02. The summed E-state index contributed by atoms with van der Waals surface area (Å²) >= 11 is 1.55. The quantitative estimate of drug-likeness (QED) is 0.847. The number of amides is 2. The highest BCUT2D eigenvalue weighted by atomic mass is 32.1. The van der Waals surface area contributed by atoms with Crippen LogP contribution in [-0.2, 0) is 27.3 Å². The fraction of sp³-hybridized carbons (Fsp3) is 0.737. The molecule has 2 atom stereocenters. The van der Waals surface area contributed by atoms with E-state index in [-0.39, 0.29) is 29.9 Å². The minimum Gasteiger partial charge on any atom is -0.372 e. The van der Waals surface area contributed by atoms with Gasteiger partial charge < -0.3 is 15.0 Å². The van der Waals surface area contributed by atoms with Crippen LogP contribution in [0.3, 0.4) is 0 Å². The lowest BCUT2D eigenvalue weighted by Gasteiger charge is -2.36. The third-order valence-corrected chi connectivity index (χ3v) is 6.65. The average Bonchev–Trinajstić information content (AvgIpc) is 2.93. The average molecular weight is 393 g/mol. The van der Waals surface area contributed by atoms with Crippen LogP contribution in [0.2, 0.25) is 0 Å². The van der Waals surface area contributed by atoms with E-state index in [1.165, 1.54) is 4.88 Å². The molecule has 3 aliphatic rings. The van der Waals surface area contributed by atoms with Crippen molar-refractivity contribution in [2.45, 2.75) is 58.3 Å². The van der Waals surface area contributed by atoms with Gasteiger partial charge >= 0.3 is 0 Å². The van der Waals surface area contributed by atoms with Gasteiger partial charge in [0.2, 0.25) is 11.8 Å². The summed E-state index contributed by atoms with van der Waals surface area (Å²) < 4.78 is 5.72. The van der Waals surface area contributed by atoms with Crippen molar-refractivity contribution in [1.82, 2.24) is 14.8 Å². The van der Waals surface area contributed by atoms with E-state index in [9.17, 15) is 9.59 Å². The van der Waals surface area contributed by atoms with Crippen molar-refractivity contribution in [2.24, 2.45) is 5.92 Å². The molecule has 27 heavy (non-hydrogen) atoms. The summed E-state index contributed by atoms with van der Waals surface area (Å²) in [6, 6.07) is 0. The third-order valence-electron chi connectivity index (χ3n) is 5.65. The topological polar surface area (TPSA) is 74.8 Å². The van der Waals surface area contributed by atoms with Crippen molar-refractivity contribution in [3.8, 4) is 0 Å². The van der Waals surface area contributed by atoms with Crippen LogP contribution in [0, 0.1) is 5.92 Å². The van der Waals surface area contributed by atoms with Crippen molar-refractivity contribution in [1.29, 1.82) is 0 Å². The summed E-state index contributed by atoms with van der Waals surface area (Å²) in [5.74, 6) is 0.441. The number of rotatable bonds is 4. The predicted octanol–water partition coefficient (Wildman–Crippen LogP) is 1.88. The summed E-state index contributed by atoms with van der Waals surface area (Å²) in [5.41, 5.74) is 1.07. The standard InChI is InChI=1S/C19H28N4O3S/c1-12-8-23(9-13(2)26-12)17(24)11-22-7-6-15-16(10-22)27-19(20-15)21-18(25)14-4-3-5-14/h12-14H,3-11H2,1-2H3,(H,20,21,25). The molecule has 1 N–H and O–H groups in total. The zero-order valence-electron chi connectivity index (χ0n) is 16.1. The molecular formula is C19H28N4O3S. The van der Waals surface area contributed by atoms with E-state index in [1.807, 2.05) is 18.7 Å². The van der Waals surface area contributed by atoms with E-state index in [0.29, 0.717) is 24.8 Å². The predicted molar refractivity (Wildman–Crippen MR) is 104 cm³/mol. The summed E-state index contributed by atoms with van der Waals surface area (Å²) in [7, 11) is 0. The van der Waals surface area contributed by atoms with Gasteiger partial charge in [-0.2, -0.15) is 0 Å². The van der Waals surface area contributed by atoms with Gasteiger partial charge in [-0.05, 0) is 26.7 Å². The molecule has 2 amide bonds. The molecule has 4 rings (SSSR count). The van der Waals surface area contributed by atoms with Crippen LogP contribution in [0.4, 0.5) is 5.13 Å². The van der Waals surface area contributed by atoms with Crippen LogP contribution in [-0.4, -0.2) is 65.0 Å². The molecular weight excluding hydrogens is 364 g/mol. The number of fused-ring (bicyclic) bond motifs is 1. The molecule has 1 saturated carbocycles. The second-order valence-corrected chi connectivity index (χ2v) is 9.11. The van der Waals surface area contributed by atoms with Crippen LogP contribution in [0.15, 0.2) is 0 Å². The molecule has 0 aromatic carbocycles. The summed E-state index contributed by atoms with van der Waals surface area (Å²) in [6.45, 7) is 7.35. The molecule has 1 aromatic rings. The van der Waals surface area contributed by atoms with Gasteiger partial charge in [0, 0.05) is 43.4 Å². The Bertz CT molecular complexity index is 708. The van der Waals surface area contributed by atoms with Gasteiger partial charge in [-0.3, -0.25) is 14.5 Å². The fourth-order valence-corrected chi connectivity index (χ4v) is 5.04. The zero-order chi connectivity index (χ0) is 19.0. The number of thiazole rings is 1. The fourth-order valence-electron chi connectivity index (χ4n) is 3.99. The molecule has 7 nitrogen and oxygen atoms in total. The van der Waals surface area contributed by atoms with Crippen LogP contribution in [0.5, 0.6) is 0 Å². The van der Waals surface area contributed by atoms with Crippen LogP contribution < -0.4 is 5.32 Å². The Kier molecular flexibility index (Phi) is 5.48. The first-order chi connectivity index (χ1) is 13.0. The molecule has 0 spiro atoms. The maximum absolute atomic E-state index is 12.7. The van der Waals surface area contributed by atoms with Gasteiger partial charge in [0.15, 0.2) is 5.13 Å². The van der Waals surface area contributed by atoms with Crippen molar-refractivity contribution >= 4 is 28.3 Å². The molecule has 1 aromatic heterocycles.